The lowest BCUT2D eigenvalue weighted by atomic mass is 9.94. The summed E-state index contributed by atoms with van der Waals surface area (Å²) in [5.74, 6) is 0. The Bertz CT molecular complexity index is 331. The van der Waals surface area contributed by atoms with Crippen LogP contribution < -0.4 is 5.73 Å². The van der Waals surface area contributed by atoms with Crippen molar-refractivity contribution in [1.29, 1.82) is 0 Å². The van der Waals surface area contributed by atoms with Crippen LogP contribution in [0.1, 0.15) is 32.1 Å². The summed E-state index contributed by atoms with van der Waals surface area (Å²) < 4.78 is 9.14. The summed E-state index contributed by atoms with van der Waals surface area (Å²) in [6, 6.07) is -1.80. The molecule has 9 heteroatoms. The van der Waals surface area contributed by atoms with Gasteiger partial charge in [0.25, 0.3) is 0 Å². The summed E-state index contributed by atoms with van der Waals surface area (Å²) >= 11 is 10.4. The van der Waals surface area contributed by atoms with Gasteiger partial charge in [-0.25, -0.2) is 4.79 Å². The number of quaternary nitrogens is 1. The Hall–Kier alpha value is -0.240. The first kappa shape index (κ1) is 15.8. The molecule has 1 aliphatic rings. The lowest BCUT2D eigenvalue weighted by Gasteiger charge is -2.36. The number of hydrogen-bond donors (Lipinski definition) is 2. The molecule has 0 heterocycles. The minimum Gasteiger partial charge on any atom is -0.434 e. The molecule has 0 bridgehead atoms. The lowest BCUT2D eigenvalue weighted by Crippen LogP contribution is -2.61. The number of primary amides is 1. The number of imide groups is 1. The number of carbonyl (C=O) groups is 2. The number of hydrogen-bond acceptors (Lipinski definition) is 3. The zero-order valence-electron chi connectivity index (χ0n) is 9.44. The minimum atomic E-state index is -2.90. The van der Waals surface area contributed by atoms with Crippen molar-refractivity contribution < 1.29 is 23.0 Å². The number of nitrogens with zero attached hydrogens (tertiary/aromatic N) is 1. The molecule has 1 aliphatic carbocycles. The molecule has 1 saturated carbocycles. The van der Waals surface area contributed by atoms with Crippen molar-refractivity contribution in [3.63, 3.8) is 0 Å². The number of alkyl halides is 3. The molecule has 0 radical (unpaired) electrons. The third-order valence-electron chi connectivity index (χ3n) is 2.95. The number of carboxylic acid groups (broad SMARTS) is 1. The van der Waals surface area contributed by atoms with E-state index in [1.165, 1.54) is 0 Å². The second kappa shape index (κ2) is 5.81. The first-order chi connectivity index (χ1) is 8.20. The van der Waals surface area contributed by atoms with Crippen molar-refractivity contribution in [3.05, 3.63) is 0 Å². The van der Waals surface area contributed by atoms with Gasteiger partial charge in [0.1, 0.15) is 6.04 Å². The SMILES string of the molecule is NC(=O)[N+](SC(F)(Cl)Cl)(C(=O)O)C1CCCCC1. The number of nitrogens with two attached hydrogens (primary N) is 1. The van der Waals surface area contributed by atoms with Crippen molar-refractivity contribution in [3.8, 4) is 0 Å². The number of urea groups is 1. The van der Waals surface area contributed by atoms with Gasteiger partial charge in [0.15, 0.2) is 11.9 Å². The van der Waals surface area contributed by atoms with E-state index in [0.717, 1.165) is 19.3 Å². The molecular formula is C9H14Cl2FN2O3S+. The van der Waals surface area contributed by atoms with Gasteiger partial charge in [0.2, 0.25) is 0 Å². The molecule has 1 unspecified atom stereocenters. The Morgan fingerprint density at radius 3 is 2.17 bits per heavy atom. The smallest absolute Gasteiger partial charge is 0.434 e. The van der Waals surface area contributed by atoms with Crippen molar-refractivity contribution >= 4 is 47.3 Å². The van der Waals surface area contributed by atoms with E-state index in [-0.39, 0.29) is 11.9 Å². The maximum atomic E-state index is 13.4. The highest BCUT2D eigenvalue weighted by atomic mass is 35.5. The fourth-order valence-electron chi connectivity index (χ4n) is 2.20. The normalized spacial score (nSPS) is 21.3. The van der Waals surface area contributed by atoms with Gasteiger partial charge in [-0.1, -0.05) is 10.3 Å². The van der Waals surface area contributed by atoms with Gasteiger partial charge in [-0.05, 0) is 36.0 Å². The van der Waals surface area contributed by atoms with Crippen LogP contribution in [0.4, 0.5) is 14.0 Å². The molecule has 0 saturated heterocycles. The first-order valence-electron chi connectivity index (χ1n) is 5.40. The molecule has 1 rings (SSSR count). The molecule has 0 aromatic heterocycles. The predicted molar refractivity (Wildman–Crippen MR) is 67.9 cm³/mol. The lowest BCUT2D eigenvalue weighted by molar-refractivity contribution is -0.666. The standard InChI is InChI=1S/C9H13Cl2FN2O3S/c10-9(11,12)18-14(7(13)15,8(16)17)6-4-2-1-3-5-6/h6H,1-5H2,(H2-,13,15,16,17)/p+1. The Balaban J connectivity index is 3.12. The highest BCUT2D eigenvalue weighted by Crippen LogP contribution is 2.47. The molecule has 1 fully saturated rings. The summed E-state index contributed by atoms with van der Waals surface area (Å²) in [5.41, 5.74) is 5.16. The molecule has 5 nitrogen and oxygen atoms in total. The van der Waals surface area contributed by atoms with Crippen molar-refractivity contribution in [2.75, 3.05) is 0 Å². The van der Waals surface area contributed by atoms with Crippen LogP contribution in [0.2, 0.25) is 0 Å². The van der Waals surface area contributed by atoms with Gasteiger partial charge in [0.05, 0.1) is 0 Å². The minimum absolute atomic E-state index is 0.000340. The quantitative estimate of drug-likeness (QED) is 0.473. The van der Waals surface area contributed by atoms with Gasteiger partial charge in [-0.3, -0.25) is 0 Å². The molecule has 0 aromatic carbocycles. The Labute approximate surface area is 118 Å². The average Bonchev–Trinajstić information content (AvgIpc) is 2.25. The van der Waals surface area contributed by atoms with E-state index >= 15 is 0 Å². The fraction of sp³-hybridized carbons (Fsp3) is 0.778. The van der Waals surface area contributed by atoms with Crippen LogP contribution in [0, 0.1) is 0 Å². The first-order valence-corrected chi connectivity index (χ1v) is 6.93. The highest BCUT2D eigenvalue weighted by Gasteiger charge is 2.58. The highest BCUT2D eigenvalue weighted by molar-refractivity contribution is 7.98. The van der Waals surface area contributed by atoms with Crippen LogP contribution in [0.3, 0.4) is 0 Å². The maximum Gasteiger partial charge on any atom is 0.535 e. The summed E-state index contributed by atoms with van der Waals surface area (Å²) in [7, 11) is 0. The number of halogens is 3. The summed E-state index contributed by atoms with van der Waals surface area (Å²) in [6.07, 6.45) is 1.84. The van der Waals surface area contributed by atoms with Gasteiger partial charge < -0.3 is 10.8 Å². The second-order valence-electron chi connectivity index (χ2n) is 4.11. The van der Waals surface area contributed by atoms with Crippen LogP contribution in [-0.4, -0.2) is 31.1 Å². The van der Waals surface area contributed by atoms with E-state index in [9.17, 15) is 19.1 Å². The van der Waals surface area contributed by atoms with Crippen LogP contribution >= 0.6 is 35.1 Å². The van der Waals surface area contributed by atoms with E-state index in [2.05, 4.69) is 0 Å². The molecule has 1 atom stereocenters. The van der Waals surface area contributed by atoms with E-state index in [1.807, 2.05) is 0 Å². The van der Waals surface area contributed by atoms with Crippen LogP contribution in [0.15, 0.2) is 0 Å². The maximum absolute atomic E-state index is 13.4. The molecule has 0 aliphatic heterocycles. The molecule has 3 N–H and O–H groups in total. The van der Waals surface area contributed by atoms with Crippen LogP contribution in [-0.2, 0) is 0 Å². The van der Waals surface area contributed by atoms with Gasteiger partial charge in [-0.15, -0.1) is 0 Å². The molecule has 104 valence electrons. The van der Waals surface area contributed by atoms with Crippen molar-refractivity contribution in [2.45, 2.75) is 42.1 Å². The van der Waals surface area contributed by atoms with E-state index in [4.69, 9.17) is 28.9 Å². The zero-order chi connectivity index (χ0) is 14.0. The summed E-state index contributed by atoms with van der Waals surface area (Å²) in [6.45, 7) is 0. The Morgan fingerprint density at radius 2 is 1.83 bits per heavy atom. The van der Waals surface area contributed by atoms with E-state index in [0.29, 0.717) is 12.8 Å². The van der Waals surface area contributed by atoms with Gasteiger partial charge >= 0.3 is 16.0 Å². The number of carbonyl (C=O) groups excluding carboxylic acids is 1. The Kier molecular flexibility index (Phi) is 5.11. The topological polar surface area (TPSA) is 80.4 Å². The average molecular weight is 320 g/mol. The van der Waals surface area contributed by atoms with Gasteiger partial charge in [0, 0.05) is 12.8 Å². The number of rotatable bonds is 3. The third kappa shape index (κ3) is 3.40. The van der Waals surface area contributed by atoms with Crippen molar-refractivity contribution in [2.24, 2.45) is 5.73 Å². The summed E-state index contributed by atoms with van der Waals surface area (Å²) in [4.78, 5) is 23.0. The van der Waals surface area contributed by atoms with Crippen LogP contribution in [0.5, 0.6) is 0 Å². The zero-order valence-corrected chi connectivity index (χ0v) is 11.8. The number of amides is 3. The predicted octanol–water partition coefficient (Wildman–Crippen LogP) is 3.60. The van der Waals surface area contributed by atoms with E-state index in [1.54, 1.807) is 0 Å². The molecule has 0 spiro atoms. The van der Waals surface area contributed by atoms with Gasteiger partial charge in [-0.2, -0.15) is 9.18 Å². The van der Waals surface area contributed by atoms with Crippen molar-refractivity contribution in [1.82, 2.24) is 0 Å². The molecule has 18 heavy (non-hydrogen) atoms. The second-order valence-corrected chi connectivity index (χ2v) is 7.11. The molecule has 3 amide bonds. The monoisotopic (exact) mass is 319 g/mol. The molecule has 0 aromatic rings. The largest absolute Gasteiger partial charge is 0.535 e. The summed E-state index contributed by atoms with van der Waals surface area (Å²) in [5, 5.41) is 9.28. The fourth-order valence-corrected chi connectivity index (χ4v) is 3.70. The Morgan fingerprint density at radius 1 is 1.33 bits per heavy atom. The molecular weight excluding hydrogens is 306 g/mol. The van der Waals surface area contributed by atoms with E-state index < -0.39 is 26.0 Å². The van der Waals surface area contributed by atoms with Crippen LogP contribution in [0.25, 0.3) is 0 Å². The third-order valence-corrected chi connectivity index (χ3v) is 4.49.